The van der Waals surface area contributed by atoms with E-state index in [1.807, 2.05) is 0 Å². The third-order valence-electron chi connectivity index (χ3n) is 1.08. The number of halogens is 3. The number of methoxy groups -OCH3 is 1. The third kappa shape index (κ3) is 3.03. The largest absolute Gasteiger partial charge is 0.406 e. The second kappa shape index (κ2) is 3.78. The highest BCUT2D eigenvalue weighted by atomic mass is 19.4. The van der Waals surface area contributed by atoms with E-state index in [-0.39, 0.29) is 6.61 Å². The van der Waals surface area contributed by atoms with E-state index in [9.17, 15) is 13.2 Å². The lowest BCUT2D eigenvalue weighted by atomic mass is 10.3. The van der Waals surface area contributed by atoms with Crippen molar-refractivity contribution in [2.45, 2.75) is 12.2 Å². The summed E-state index contributed by atoms with van der Waals surface area (Å²) in [4.78, 5) is 0. The molecule has 0 aliphatic carbocycles. The van der Waals surface area contributed by atoms with Crippen LogP contribution in [0.4, 0.5) is 13.2 Å². The van der Waals surface area contributed by atoms with E-state index in [2.05, 4.69) is 10.1 Å². The Morgan fingerprint density at radius 1 is 1.50 bits per heavy atom. The summed E-state index contributed by atoms with van der Waals surface area (Å²) in [5.41, 5.74) is 0. The number of hydrogen-bond acceptors (Lipinski definition) is 2. The number of nitrogens with one attached hydrogen (secondary N) is 1. The number of rotatable bonds is 3. The summed E-state index contributed by atoms with van der Waals surface area (Å²) >= 11 is 0. The van der Waals surface area contributed by atoms with E-state index >= 15 is 0 Å². The van der Waals surface area contributed by atoms with E-state index in [1.165, 1.54) is 14.2 Å². The van der Waals surface area contributed by atoms with Crippen molar-refractivity contribution >= 4 is 0 Å². The maximum atomic E-state index is 11.8. The van der Waals surface area contributed by atoms with Crippen LogP contribution in [0, 0.1) is 0 Å². The van der Waals surface area contributed by atoms with E-state index in [1.54, 1.807) is 0 Å². The summed E-state index contributed by atoms with van der Waals surface area (Å²) in [6.07, 6.45) is -4.22. The van der Waals surface area contributed by atoms with Gasteiger partial charge in [-0.05, 0) is 7.05 Å². The van der Waals surface area contributed by atoms with Crippen molar-refractivity contribution in [2.75, 3.05) is 20.8 Å². The van der Waals surface area contributed by atoms with E-state index in [4.69, 9.17) is 0 Å². The minimum atomic E-state index is -4.22. The molecule has 0 saturated carbocycles. The van der Waals surface area contributed by atoms with Crippen LogP contribution in [-0.4, -0.2) is 33.0 Å². The Hall–Kier alpha value is -0.290. The lowest BCUT2D eigenvalue weighted by Crippen LogP contribution is -2.43. The molecule has 0 aromatic carbocycles. The topological polar surface area (TPSA) is 21.3 Å². The minimum Gasteiger partial charge on any atom is -0.383 e. The highest BCUT2D eigenvalue weighted by Gasteiger charge is 2.38. The molecule has 0 aromatic heterocycles. The summed E-state index contributed by atoms with van der Waals surface area (Å²) in [6.45, 7) is -0.347. The van der Waals surface area contributed by atoms with Crippen molar-refractivity contribution in [3.8, 4) is 0 Å². The zero-order valence-corrected chi connectivity index (χ0v) is 5.83. The van der Waals surface area contributed by atoms with Gasteiger partial charge in [0, 0.05) is 7.11 Å². The smallest absolute Gasteiger partial charge is 0.383 e. The fourth-order valence-electron chi connectivity index (χ4n) is 0.508. The van der Waals surface area contributed by atoms with Crippen molar-refractivity contribution in [3.05, 3.63) is 0 Å². The van der Waals surface area contributed by atoms with Gasteiger partial charge in [0.05, 0.1) is 6.61 Å². The van der Waals surface area contributed by atoms with Crippen molar-refractivity contribution in [3.63, 3.8) is 0 Å². The molecule has 5 heteroatoms. The molecule has 0 saturated heterocycles. The zero-order valence-electron chi connectivity index (χ0n) is 5.83. The predicted molar refractivity (Wildman–Crippen MR) is 30.8 cm³/mol. The molecule has 2 nitrogen and oxygen atoms in total. The standard InChI is InChI=1S/C5H10F3NO/c1-9-4(3-10-2)5(6,7)8/h4,9H,3H2,1-2H3/t4-/m1/s1. The molecule has 0 aliphatic rings. The first kappa shape index (κ1) is 9.71. The Kier molecular flexibility index (Phi) is 3.67. The summed E-state index contributed by atoms with van der Waals surface area (Å²) in [5, 5.41) is 2.09. The van der Waals surface area contributed by atoms with E-state index < -0.39 is 12.2 Å². The summed E-state index contributed by atoms with van der Waals surface area (Å²) in [6, 6.07) is -1.56. The van der Waals surface area contributed by atoms with Gasteiger partial charge in [-0.1, -0.05) is 0 Å². The van der Waals surface area contributed by atoms with E-state index in [0.717, 1.165) is 0 Å². The lowest BCUT2D eigenvalue weighted by molar-refractivity contribution is -0.164. The maximum Gasteiger partial charge on any atom is 0.406 e. The molecular formula is C5H10F3NO. The highest BCUT2D eigenvalue weighted by Crippen LogP contribution is 2.19. The Balaban J connectivity index is 3.81. The van der Waals surface area contributed by atoms with Gasteiger partial charge >= 0.3 is 6.18 Å². The van der Waals surface area contributed by atoms with Gasteiger partial charge < -0.3 is 10.1 Å². The highest BCUT2D eigenvalue weighted by molar-refractivity contribution is 4.71. The lowest BCUT2D eigenvalue weighted by Gasteiger charge is -2.17. The second-order valence-electron chi connectivity index (χ2n) is 1.84. The van der Waals surface area contributed by atoms with Crippen molar-refractivity contribution in [1.29, 1.82) is 0 Å². The first-order valence-corrected chi connectivity index (χ1v) is 2.75. The summed E-state index contributed by atoms with van der Waals surface area (Å²) in [5.74, 6) is 0. The van der Waals surface area contributed by atoms with Crippen LogP contribution in [-0.2, 0) is 4.74 Å². The van der Waals surface area contributed by atoms with Crippen LogP contribution in [0.2, 0.25) is 0 Å². The average molecular weight is 157 g/mol. The van der Waals surface area contributed by atoms with Gasteiger partial charge in [0.25, 0.3) is 0 Å². The molecule has 0 bridgehead atoms. The first-order chi connectivity index (χ1) is 4.52. The third-order valence-corrected chi connectivity index (χ3v) is 1.08. The van der Waals surface area contributed by atoms with Crippen molar-refractivity contribution in [2.24, 2.45) is 0 Å². The number of ether oxygens (including phenoxy) is 1. The van der Waals surface area contributed by atoms with Gasteiger partial charge in [-0.25, -0.2) is 0 Å². The maximum absolute atomic E-state index is 11.8. The second-order valence-corrected chi connectivity index (χ2v) is 1.84. The molecule has 0 aliphatic heterocycles. The Morgan fingerprint density at radius 3 is 2.10 bits per heavy atom. The van der Waals surface area contributed by atoms with Crippen LogP contribution >= 0.6 is 0 Å². The quantitative estimate of drug-likeness (QED) is 0.653. The Bertz CT molecular complexity index is 93.4. The van der Waals surface area contributed by atoms with Crippen LogP contribution in [0.5, 0.6) is 0 Å². The number of likely N-dealkylation sites (N-methyl/N-ethyl adjacent to an activating group) is 1. The number of alkyl halides is 3. The molecule has 0 rings (SSSR count). The summed E-state index contributed by atoms with van der Waals surface area (Å²) in [7, 11) is 2.48. The molecule has 0 spiro atoms. The fourth-order valence-corrected chi connectivity index (χ4v) is 0.508. The van der Waals surface area contributed by atoms with Gasteiger partial charge in [-0.3, -0.25) is 0 Å². The molecular weight excluding hydrogens is 147 g/mol. The fraction of sp³-hybridized carbons (Fsp3) is 1.00. The summed E-state index contributed by atoms with van der Waals surface area (Å²) < 4.78 is 39.6. The van der Waals surface area contributed by atoms with Crippen LogP contribution in [0.15, 0.2) is 0 Å². The molecule has 0 heterocycles. The Labute approximate surface area is 57.4 Å². The molecule has 0 fully saturated rings. The predicted octanol–water partition coefficient (Wildman–Crippen LogP) is 0.783. The first-order valence-electron chi connectivity index (χ1n) is 2.75. The van der Waals surface area contributed by atoms with Crippen LogP contribution < -0.4 is 5.32 Å². The molecule has 0 unspecified atom stereocenters. The molecule has 1 atom stereocenters. The van der Waals surface area contributed by atoms with Gasteiger partial charge in [-0.15, -0.1) is 0 Å². The molecule has 0 amide bonds. The van der Waals surface area contributed by atoms with Gasteiger partial charge in [0.1, 0.15) is 6.04 Å². The van der Waals surface area contributed by atoms with Gasteiger partial charge in [0.15, 0.2) is 0 Å². The number of hydrogen-bond donors (Lipinski definition) is 1. The van der Waals surface area contributed by atoms with Gasteiger partial charge in [-0.2, -0.15) is 13.2 Å². The van der Waals surface area contributed by atoms with Crippen LogP contribution in [0.3, 0.4) is 0 Å². The van der Waals surface area contributed by atoms with Crippen LogP contribution in [0.25, 0.3) is 0 Å². The zero-order chi connectivity index (χ0) is 8.20. The monoisotopic (exact) mass is 157 g/mol. The molecule has 62 valence electrons. The molecule has 0 radical (unpaired) electrons. The van der Waals surface area contributed by atoms with Gasteiger partial charge in [0.2, 0.25) is 0 Å². The SMILES string of the molecule is CN[C@H](COC)C(F)(F)F. The molecule has 0 aromatic rings. The molecule has 1 N–H and O–H groups in total. The van der Waals surface area contributed by atoms with E-state index in [0.29, 0.717) is 0 Å². The molecule has 10 heavy (non-hydrogen) atoms. The van der Waals surface area contributed by atoms with Crippen LogP contribution in [0.1, 0.15) is 0 Å². The van der Waals surface area contributed by atoms with Crippen molar-refractivity contribution < 1.29 is 17.9 Å². The minimum absolute atomic E-state index is 0.347. The Morgan fingerprint density at radius 2 is 2.00 bits per heavy atom. The normalized spacial score (nSPS) is 15.3. The van der Waals surface area contributed by atoms with Crippen molar-refractivity contribution in [1.82, 2.24) is 5.32 Å². The average Bonchev–Trinajstić information content (AvgIpc) is 1.80.